The van der Waals surface area contributed by atoms with Gasteiger partial charge in [-0.25, -0.2) is 0 Å². The Morgan fingerprint density at radius 2 is 1.77 bits per heavy atom. The summed E-state index contributed by atoms with van der Waals surface area (Å²) in [4.78, 5) is 17.7. The van der Waals surface area contributed by atoms with Gasteiger partial charge in [-0.1, -0.05) is 11.6 Å². The number of halogens is 1. The number of morpholine rings is 1. The first-order valence-electron chi connectivity index (χ1n) is 12.0. The first-order chi connectivity index (χ1) is 17.1. The highest BCUT2D eigenvalue weighted by Crippen LogP contribution is 2.28. The fourth-order valence-electron chi connectivity index (χ4n) is 4.90. The average molecular weight is 490 g/mol. The van der Waals surface area contributed by atoms with E-state index in [-0.39, 0.29) is 5.91 Å². The number of nitriles is 1. The SMILES string of the molecule is N#Cc1cc(NC(=O)c2ccn(-c3ccc(Cl)cc3)c2)ccc1N1CCC(N2CCOCC2)CC1. The highest BCUT2D eigenvalue weighted by atomic mass is 35.5. The molecule has 1 N–H and O–H groups in total. The molecule has 0 bridgehead atoms. The minimum atomic E-state index is -0.222. The molecule has 3 heterocycles. The van der Waals surface area contributed by atoms with Crippen molar-refractivity contribution in [2.75, 3.05) is 49.6 Å². The van der Waals surface area contributed by atoms with Gasteiger partial charge in [0, 0.05) is 61.0 Å². The third kappa shape index (κ3) is 5.35. The van der Waals surface area contributed by atoms with E-state index in [0.717, 1.165) is 63.6 Å². The number of nitrogens with zero attached hydrogens (tertiary/aromatic N) is 4. The molecule has 2 saturated heterocycles. The van der Waals surface area contributed by atoms with Crippen LogP contribution < -0.4 is 10.2 Å². The Balaban J connectivity index is 1.23. The van der Waals surface area contributed by atoms with Crippen molar-refractivity contribution >= 4 is 28.9 Å². The van der Waals surface area contributed by atoms with Gasteiger partial charge in [0.25, 0.3) is 5.91 Å². The molecule has 0 unspecified atom stereocenters. The van der Waals surface area contributed by atoms with Crippen molar-refractivity contribution < 1.29 is 9.53 Å². The predicted molar refractivity (Wildman–Crippen MR) is 138 cm³/mol. The summed E-state index contributed by atoms with van der Waals surface area (Å²) in [6.07, 6.45) is 5.77. The maximum absolute atomic E-state index is 12.8. The number of piperidine rings is 1. The van der Waals surface area contributed by atoms with E-state index in [1.807, 2.05) is 47.2 Å². The highest BCUT2D eigenvalue weighted by Gasteiger charge is 2.27. The number of hydrogen-bond donors (Lipinski definition) is 1. The number of rotatable bonds is 5. The van der Waals surface area contributed by atoms with E-state index in [2.05, 4.69) is 21.2 Å². The van der Waals surface area contributed by atoms with Crippen LogP contribution in [0.15, 0.2) is 60.9 Å². The summed E-state index contributed by atoms with van der Waals surface area (Å²) in [6.45, 7) is 5.48. The predicted octanol–water partition coefficient (Wildman–Crippen LogP) is 4.56. The Kier molecular flexibility index (Phi) is 7.05. The molecule has 180 valence electrons. The number of aromatic nitrogens is 1. The highest BCUT2D eigenvalue weighted by molar-refractivity contribution is 6.30. The Labute approximate surface area is 210 Å². The van der Waals surface area contributed by atoms with Gasteiger partial charge in [0.05, 0.1) is 30.0 Å². The van der Waals surface area contributed by atoms with E-state index in [0.29, 0.717) is 27.9 Å². The second kappa shape index (κ2) is 10.5. The van der Waals surface area contributed by atoms with Crippen LogP contribution in [0.4, 0.5) is 11.4 Å². The quantitative estimate of drug-likeness (QED) is 0.569. The molecule has 5 rings (SSSR count). The molecular formula is C27H28ClN5O2. The van der Waals surface area contributed by atoms with Crippen molar-refractivity contribution in [1.82, 2.24) is 9.47 Å². The van der Waals surface area contributed by atoms with Crippen molar-refractivity contribution in [2.24, 2.45) is 0 Å². The zero-order valence-corrected chi connectivity index (χ0v) is 20.2. The van der Waals surface area contributed by atoms with Gasteiger partial charge in [0.15, 0.2) is 0 Å². The summed E-state index contributed by atoms with van der Waals surface area (Å²) in [7, 11) is 0. The molecule has 0 radical (unpaired) electrons. The van der Waals surface area contributed by atoms with Gasteiger partial charge >= 0.3 is 0 Å². The number of hydrogen-bond acceptors (Lipinski definition) is 5. The van der Waals surface area contributed by atoms with Crippen LogP contribution in [0.1, 0.15) is 28.8 Å². The van der Waals surface area contributed by atoms with E-state index >= 15 is 0 Å². The van der Waals surface area contributed by atoms with Crippen LogP contribution in [0, 0.1) is 11.3 Å². The van der Waals surface area contributed by atoms with Crippen LogP contribution in [-0.4, -0.2) is 60.8 Å². The Morgan fingerprint density at radius 1 is 1.03 bits per heavy atom. The first-order valence-corrected chi connectivity index (χ1v) is 12.3. The molecule has 2 aliphatic heterocycles. The minimum absolute atomic E-state index is 0.222. The monoisotopic (exact) mass is 489 g/mol. The van der Waals surface area contributed by atoms with Crippen LogP contribution in [-0.2, 0) is 4.74 Å². The maximum Gasteiger partial charge on any atom is 0.257 e. The summed E-state index contributed by atoms with van der Waals surface area (Å²) in [5, 5.41) is 13.4. The Morgan fingerprint density at radius 3 is 2.49 bits per heavy atom. The van der Waals surface area contributed by atoms with E-state index in [1.165, 1.54) is 0 Å². The number of amides is 1. The van der Waals surface area contributed by atoms with Crippen molar-refractivity contribution in [3.63, 3.8) is 0 Å². The summed E-state index contributed by atoms with van der Waals surface area (Å²) < 4.78 is 7.35. The van der Waals surface area contributed by atoms with Gasteiger partial charge < -0.3 is 19.5 Å². The molecule has 2 fully saturated rings. The number of anilines is 2. The number of nitrogens with one attached hydrogen (secondary N) is 1. The summed E-state index contributed by atoms with van der Waals surface area (Å²) in [5.74, 6) is -0.222. The van der Waals surface area contributed by atoms with E-state index < -0.39 is 0 Å². The molecule has 1 aromatic heterocycles. The molecule has 1 amide bonds. The van der Waals surface area contributed by atoms with Crippen LogP contribution >= 0.6 is 11.6 Å². The van der Waals surface area contributed by atoms with Crippen LogP contribution in [0.25, 0.3) is 5.69 Å². The van der Waals surface area contributed by atoms with Gasteiger partial charge in [-0.05, 0) is 61.4 Å². The standard InChI is InChI=1S/C27H28ClN5O2/c28-22-1-4-24(5-2-22)33-10-7-20(19-33)27(34)30-23-3-6-26(21(17-23)18-29)32-11-8-25(9-12-32)31-13-15-35-16-14-31/h1-7,10,17,19,25H,8-9,11-16H2,(H,30,34). The maximum atomic E-state index is 12.8. The summed E-state index contributed by atoms with van der Waals surface area (Å²) >= 11 is 5.96. The second-order valence-corrected chi connectivity index (χ2v) is 9.38. The molecule has 0 saturated carbocycles. The second-order valence-electron chi connectivity index (χ2n) is 8.95. The molecule has 3 aromatic rings. The summed E-state index contributed by atoms with van der Waals surface area (Å²) in [6, 6.07) is 17.7. The van der Waals surface area contributed by atoms with Gasteiger partial charge in [-0.2, -0.15) is 5.26 Å². The van der Waals surface area contributed by atoms with Crippen molar-refractivity contribution in [1.29, 1.82) is 5.26 Å². The molecule has 0 spiro atoms. The van der Waals surface area contributed by atoms with Crippen molar-refractivity contribution in [3.8, 4) is 11.8 Å². The molecule has 8 heteroatoms. The fraction of sp³-hybridized carbons (Fsp3) is 0.333. The number of carbonyl (C=O) groups excluding carboxylic acids is 1. The lowest BCUT2D eigenvalue weighted by Crippen LogP contribution is -2.49. The van der Waals surface area contributed by atoms with Crippen molar-refractivity contribution in [2.45, 2.75) is 18.9 Å². The van der Waals surface area contributed by atoms with Crippen LogP contribution in [0.3, 0.4) is 0 Å². The third-order valence-electron chi connectivity index (χ3n) is 6.82. The lowest BCUT2D eigenvalue weighted by molar-refractivity contribution is 0.0115. The Bertz CT molecular complexity index is 1220. The molecule has 7 nitrogen and oxygen atoms in total. The van der Waals surface area contributed by atoms with Gasteiger partial charge in [-0.15, -0.1) is 0 Å². The topological polar surface area (TPSA) is 73.5 Å². The van der Waals surface area contributed by atoms with E-state index in [1.54, 1.807) is 18.3 Å². The lowest BCUT2D eigenvalue weighted by Gasteiger charge is -2.41. The zero-order valence-electron chi connectivity index (χ0n) is 19.5. The lowest BCUT2D eigenvalue weighted by atomic mass is 10.0. The van der Waals surface area contributed by atoms with Crippen LogP contribution in [0.2, 0.25) is 5.02 Å². The molecule has 0 aliphatic carbocycles. The number of ether oxygens (including phenoxy) is 1. The summed E-state index contributed by atoms with van der Waals surface area (Å²) in [5.41, 5.74) is 3.57. The largest absolute Gasteiger partial charge is 0.379 e. The van der Waals surface area contributed by atoms with E-state index in [9.17, 15) is 10.1 Å². The van der Waals surface area contributed by atoms with Gasteiger partial charge in [0.1, 0.15) is 6.07 Å². The molecule has 0 atom stereocenters. The third-order valence-corrected chi connectivity index (χ3v) is 7.07. The number of carbonyl (C=O) groups is 1. The molecular weight excluding hydrogens is 462 g/mol. The van der Waals surface area contributed by atoms with Crippen LogP contribution in [0.5, 0.6) is 0 Å². The minimum Gasteiger partial charge on any atom is -0.379 e. The van der Waals surface area contributed by atoms with Gasteiger partial charge in [-0.3, -0.25) is 9.69 Å². The molecule has 2 aliphatic rings. The van der Waals surface area contributed by atoms with E-state index in [4.69, 9.17) is 16.3 Å². The molecule has 35 heavy (non-hydrogen) atoms. The Hall–Kier alpha value is -3.31. The fourth-order valence-corrected chi connectivity index (χ4v) is 5.03. The van der Waals surface area contributed by atoms with Gasteiger partial charge in [0.2, 0.25) is 0 Å². The van der Waals surface area contributed by atoms with Crippen molar-refractivity contribution in [3.05, 3.63) is 77.1 Å². The average Bonchev–Trinajstić information content (AvgIpc) is 3.40. The normalized spacial score (nSPS) is 17.2. The number of benzene rings is 2. The molecule has 2 aromatic carbocycles. The zero-order chi connectivity index (χ0) is 24.2. The smallest absolute Gasteiger partial charge is 0.257 e. The first kappa shape index (κ1) is 23.4.